The molecule has 2 aromatic rings. The van der Waals surface area contributed by atoms with Crippen molar-refractivity contribution in [3.05, 3.63) is 66.2 Å². The van der Waals surface area contributed by atoms with E-state index in [0.29, 0.717) is 6.42 Å². The molecule has 0 N–H and O–H groups in total. The molecule has 1 atom stereocenters. The van der Waals surface area contributed by atoms with Crippen molar-refractivity contribution in [1.29, 1.82) is 0 Å². The van der Waals surface area contributed by atoms with E-state index in [4.69, 9.17) is 4.74 Å². The quantitative estimate of drug-likeness (QED) is 0.835. The Morgan fingerprint density at radius 1 is 1.05 bits per heavy atom. The summed E-state index contributed by atoms with van der Waals surface area (Å²) in [5, 5.41) is 0. The normalized spacial score (nSPS) is 11.9. The van der Waals surface area contributed by atoms with Crippen LogP contribution in [0.5, 0.6) is 0 Å². The largest absolute Gasteiger partial charge is 0.371 e. The number of benzene rings is 2. The van der Waals surface area contributed by atoms with E-state index < -0.39 is 6.10 Å². The molecule has 0 aliphatic carbocycles. The number of hydrogen-bond acceptors (Lipinski definition) is 2. The van der Waals surface area contributed by atoms with E-state index in [-0.39, 0.29) is 5.91 Å². The number of likely N-dealkylation sites (N-methyl/N-ethyl adjacent to an activating group) is 1. The maximum atomic E-state index is 12.5. The lowest BCUT2D eigenvalue weighted by atomic mass is 10.1. The van der Waals surface area contributed by atoms with Crippen molar-refractivity contribution in [3.8, 4) is 0 Å². The lowest BCUT2D eigenvalue weighted by Gasteiger charge is -2.23. The number of hydrogen-bond donors (Lipinski definition) is 0. The predicted octanol–water partition coefficient (Wildman–Crippen LogP) is 2.91. The van der Waals surface area contributed by atoms with E-state index in [1.807, 2.05) is 60.7 Å². The van der Waals surface area contributed by atoms with Gasteiger partial charge in [0.05, 0.1) is 0 Å². The molecule has 1 amide bonds. The maximum absolute atomic E-state index is 12.5. The lowest BCUT2D eigenvalue weighted by molar-refractivity contribution is -0.127. The molecule has 0 heterocycles. The molecule has 2 aromatic carbocycles. The molecule has 3 heteroatoms. The summed E-state index contributed by atoms with van der Waals surface area (Å²) in [6.45, 7) is 0. The molecule has 0 radical (unpaired) electrons. The van der Waals surface area contributed by atoms with E-state index >= 15 is 0 Å². The minimum atomic E-state index is -0.470. The Morgan fingerprint density at radius 2 is 1.60 bits per heavy atom. The van der Waals surface area contributed by atoms with Gasteiger partial charge in [-0.3, -0.25) is 4.79 Å². The first-order valence-electron chi connectivity index (χ1n) is 6.61. The second kappa shape index (κ2) is 6.87. The van der Waals surface area contributed by atoms with Crippen LogP contribution in [0, 0.1) is 0 Å². The van der Waals surface area contributed by atoms with Crippen molar-refractivity contribution in [2.75, 3.05) is 19.1 Å². The van der Waals surface area contributed by atoms with Crippen molar-refractivity contribution in [1.82, 2.24) is 0 Å². The molecule has 1 unspecified atom stereocenters. The van der Waals surface area contributed by atoms with E-state index in [9.17, 15) is 4.79 Å². The Bertz CT molecular complexity index is 539. The highest BCUT2D eigenvalue weighted by molar-refractivity contribution is 5.96. The summed E-state index contributed by atoms with van der Waals surface area (Å²) in [5.41, 5.74) is 1.96. The molecule has 2 rings (SSSR count). The highest BCUT2D eigenvalue weighted by atomic mass is 16.5. The average molecular weight is 269 g/mol. The van der Waals surface area contributed by atoms with Crippen LogP contribution in [0.2, 0.25) is 0 Å². The molecule has 0 saturated heterocycles. The number of para-hydroxylation sites is 1. The molecule has 104 valence electrons. The third-order valence-electron chi connectivity index (χ3n) is 3.30. The van der Waals surface area contributed by atoms with Gasteiger partial charge in [-0.2, -0.15) is 0 Å². The van der Waals surface area contributed by atoms with Crippen molar-refractivity contribution in [2.24, 2.45) is 0 Å². The standard InChI is InChI=1S/C17H19NO2/c1-18(15-11-7-4-8-12-15)17(19)16(20-2)13-14-9-5-3-6-10-14/h3-12,16H,13H2,1-2H3. The Morgan fingerprint density at radius 3 is 2.15 bits per heavy atom. The highest BCUT2D eigenvalue weighted by Gasteiger charge is 2.22. The summed E-state index contributed by atoms with van der Waals surface area (Å²) >= 11 is 0. The average Bonchev–Trinajstić information content (AvgIpc) is 2.53. The number of methoxy groups -OCH3 is 1. The smallest absolute Gasteiger partial charge is 0.256 e. The van der Waals surface area contributed by atoms with Gasteiger partial charge in [0.25, 0.3) is 5.91 Å². The Kier molecular flexibility index (Phi) is 4.91. The topological polar surface area (TPSA) is 29.5 Å². The summed E-state index contributed by atoms with van der Waals surface area (Å²) < 4.78 is 5.37. The minimum Gasteiger partial charge on any atom is -0.371 e. The van der Waals surface area contributed by atoms with Crippen LogP contribution in [0.4, 0.5) is 5.69 Å². The van der Waals surface area contributed by atoms with Crippen LogP contribution in [-0.2, 0) is 16.0 Å². The van der Waals surface area contributed by atoms with Gasteiger partial charge in [-0.25, -0.2) is 0 Å². The zero-order valence-electron chi connectivity index (χ0n) is 11.8. The SMILES string of the molecule is COC(Cc1ccccc1)C(=O)N(C)c1ccccc1. The predicted molar refractivity (Wildman–Crippen MR) is 80.8 cm³/mol. The molecule has 20 heavy (non-hydrogen) atoms. The van der Waals surface area contributed by atoms with Crippen molar-refractivity contribution in [2.45, 2.75) is 12.5 Å². The van der Waals surface area contributed by atoms with Crippen LogP contribution in [0.15, 0.2) is 60.7 Å². The third kappa shape index (κ3) is 3.45. The van der Waals surface area contributed by atoms with Crippen molar-refractivity contribution < 1.29 is 9.53 Å². The van der Waals surface area contributed by atoms with Crippen LogP contribution in [0.25, 0.3) is 0 Å². The van der Waals surface area contributed by atoms with Crippen LogP contribution in [-0.4, -0.2) is 26.2 Å². The van der Waals surface area contributed by atoms with Crippen molar-refractivity contribution >= 4 is 11.6 Å². The van der Waals surface area contributed by atoms with E-state index in [1.54, 1.807) is 19.1 Å². The third-order valence-corrected chi connectivity index (χ3v) is 3.30. The van der Waals surface area contributed by atoms with Crippen LogP contribution < -0.4 is 4.90 Å². The zero-order chi connectivity index (χ0) is 14.4. The molecule has 0 aliphatic heterocycles. The fourth-order valence-corrected chi connectivity index (χ4v) is 2.09. The Balaban J connectivity index is 2.09. The molecule has 0 aliphatic rings. The van der Waals surface area contributed by atoms with Crippen molar-refractivity contribution in [3.63, 3.8) is 0 Å². The van der Waals surface area contributed by atoms with Crippen LogP contribution >= 0.6 is 0 Å². The fraction of sp³-hybridized carbons (Fsp3) is 0.235. The number of ether oxygens (including phenoxy) is 1. The number of carbonyl (C=O) groups is 1. The minimum absolute atomic E-state index is 0.0393. The van der Waals surface area contributed by atoms with Gasteiger partial charge in [0, 0.05) is 26.3 Å². The van der Waals surface area contributed by atoms with Gasteiger partial charge in [-0.15, -0.1) is 0 Å². The van der Waals surface area contributed by atoms with Gasteiger partial charge in [0.1, 0.15) is 6.10 Å². The summed E-state index contributed by atoms with van der Waals surface area (Å²) in [6.07, 6.45) is 0.107. The molecular weight excluding hydrogens is 250 g/mol. The zero-order valence-corrected chi connectivity index (χ0v) is 11.8. The number of nitrogens with zero attached hydrogens (tertiary/aromatic N) is 1. The summed E-state index contributed by atoms with van der Waals surface area (Å²) in [6, 6.07) is 19.5. The van der Waals surface area contributed by atoms with Gasteiger partial charge in [-0.1, -0.05) is 48.5 Å². The van der Waals surface area contributed by atoms with E-state index in [0.717, 1.165) is 11.3 Å². The monoisotopic (exact) mass is 269 g/mol. The number of amides is 1. The number of carbonyl (C=O) groups excluding carboxylic acids is 1. The molecule has 0 fully saturated rings. The molecule has 0 spiro atoms. The number of rotatable bonds is 5. The first-order valence-corrected chi connectivity index (χ1v) is 6.61. The summed E-state index contributed by atoms with van der Waals surface area (Å²) in [7, 11) is 3.35. The van der Waals surface area contributed by atoms with Gasteiger partial charge < -0.3 is 9.64 Å². The Hall–Kier alpha value is -2.13. The Labute approximate surface area is 119 Å². The summed E-state index contributed by atoms with van der Waals surface area (Å²) in [4.78, 5) is 14.1. The molecular formula is C17H19NO2. The van der Waals surface area contributed by atoms with E-state index in [2.05, 4.69) is 0 Å². The van der Waals surface area contributed by atoms with Gasteiger partial charge >= 0.3 is 0 Å². The van der Waals surface area contributed by atoms with Gasteiger partial charge in [0.2, 0.25) is 0 Å². The van der Waals surface area contributed by atoms with Gasteiger partial charge in [0.15, 0.2) is 0 Å². The molecule has 0 saturated carbocycles. The maximum Gasteiger partial charge on any atom is 0.256 e. The first kappa shape index (κ1) is 14.3. The number of anilines is 1. The highest BCUT2D eigenvalue weighted by Crippen LogP contribution is 2.15. The second-order valence-electron chi connectivity index (χ2n) is 4.65. The molecule has 0 aromatic heterocycles. The van der Waals surface area contributed by atoms with Crippen LogP contribution in [0.3, 0.4) is 0 Å². The molecule has 0 bridgehead atoms. The summed E-state index contributed by atoms with van der Waals surface area (Å²) in [5.74, 6) is -0.0393. The van der Waals surface area contributed by atoms with E-state index in [1.165, 1.54) is 0 Å². The second-order valence-corrected chi connectivity index (χ2v) is 4.65. The first-order chi connectivity index (χ1) is 9.72. The van der Waals surface area contributed by atoms with Crippen LogP contribution in [0.1, 0.15) is 5.56 Å². The van der Waals surface area contributed by atoms with Gasteiger partial charge in [-0.05, 0) is 17.7 Å². The lowest BCUT2D eigenvalue weighted by Crippen LogP contribution is -2.38. The fourth-order valence-electron chi connectivity index (χ4n) is 2.09. The molecule has 3 nitrogen and oxygen atoms in total.